The molecule has 0 aliphatic carbocycles. The summed E-state index contributed by atoms with van der Waals surface area (Å²) >= 11 is 0. The zero-order valence-corrected chi connectivity index (χ0v) is 10.6. The molecule has 2 rings (SSSR count). The highest BCUT2D eigenvalue weighted by Crippen LogP contribution is 2.29. The molecule has 0 saturated carbocycles. The predicted molar refractivity (Wildman–Crippen MR) is 70.1 cm³/mol. The van der Waals surface area contributed by atoms with Crippen molar-refractivity contribution in [2.75, 3.05) is 11.4 Å². The van der Waals surface area contributed by atoms with Crippen LogP contribution < -0.4 is 10.6 Å². The van der Waals surface area contributed by atoms with Crippen molar-refractivity contribution in [1.29, 1.82) is 0 Å². The normalized spacial score (nSPS) is 15.8. The average Bonchev–Trinajstić information content (AvgIpc) is 2.71. The quantitative estimate of drug-likeness (QED) is 0.865. The second-order valence-corrected chi connectivity index (χ2v) is 4.76. The van der Waals surface area contributed by atoms with E-state index in [2.05, 4.69) is 25.1 Å². The van der Waals surface area contributed by atoms with Crippen LogP contribution in [0.4, 0.5) is 5.69 Å². The number of carbonyl (C=O) groups excluding carboxylic acids is 1. The van der Waals surface area contributed by atoms with Crippen LogP contribution in [0, 0.1) is 0 Å². The summed E-state index contributed by atoms with van der Waals surface area (Å²) < 4.78 is 0. The monoisotopic (exact) mass is 232 g/mol. The molecule has 1 aliphatic rings. The van der Waals surface area contributed by atoms with Gasteiger partial charge in [0.2, 0.25) is 5.91 Å². The molecule has 0 bridgehead atoms. The van der Waals surface area contributed by atoms with E-state index in [1.165, 1.54) is 11.1 Å². The SMILES string of the molecule is CCC(N)Cc1ccc2c(c1)CCN2C(C)=O. The van der Waals surface area contributed by atoms with E-state index in [0.717, 1.165) is 31.5 Å². The Kier molecular flexibility index (Phi) is 3.48. The highest BCUT2D eigenvalue weighted by molar-refractivity contribution is 5.93. The van der Waals surface area contributed by atoms with Crippen LogP contribution in [-0.2, 0) is 17.6 Å². The summed E-state index contributed by atoms with van der Waals surface area (Å²) in [7, 11) is 0. The molecule has 0 saturated heterocycles. The summed E-state index contributed by atoms with van der Waals surface area (Å²) in [6, 6.07) is 6.59. The number of nitrogens with zero attached hydrogens (tertiary/aromatic N) is 1. The number of fused-ring (bicyclic) bond motifs is 1. The molecule has 0 radical (unpaired) electrons. The van der Waals surface area contributed by atoms with Crippen molar-refractivity contribution >= 4 is 11.6 Å². The average molecular weight is 232 g/mol. The molecular formula is C14H20N2O. The number of benzene rings is 1. The third-order valence-electron chi connectivity index (χ3n) is 3.44. The van der Waals surface area contributed by atoms with Crippen molar-refractivity contribution in [3.05, 3.63) is 29.3 Å². The van der Waals surface area contributed by atoms with E-state index in [-0.39, 0.29) is 11.9 Å². The second-order valence-electron chi connectivity index (χ2n) is 4.76. The summed E-state index contributed by atoms with van der Waals surface area (Å²) in [6.07, 6.45) is 2.88. The van der Waals surface area contributed by atoms with Gasteiger partial charge in [-0.2, -0.15) is 0 Å². The number of anilines is 1. The van der Waals surface area contributed by atoms with Gasteiger partial charge in [-0.05, 0) is 36.5 Å². The zero-order valence-electron chi connectivity index (χ0n) is 10.6. The lowest BCUT2D eigenvalue weighted by molar-refractivity contribution is -0.116. The minimum absolute atomic E-state index is 0.127. The van der Waals surface area contributed by atoms with Crippen molar-refractivity contribution in [1.82, 2.24) is 0 Å². The maximum Gasteiger partial charge on any atom is 0.223 e. The second kappa shape index (κ2) is 4.88. The minimum atomic E-state index is 0.127. The molecule has 2 N–H and O–H groups in total. The third-order valence-corrected chi connectivity index (χ3v) is 3.44. The maximum absolute atomic E-state index is 11.4. The fraction of sp³-hybridized carbons (Fsp3) is 0.500. The first kappa shape index (κ1) is 12.1. The number of hydrogen-bond donors (Lipinski definition) is 1. The van der Waals surface area contributed by atoms with E-state index < -0.39 is 0 Å². The van der Waals surface area contributed by atoms with Crippen LogP contribution in [-0.4, -0.2) is 18.5 Å². The molecule has 1 aliphatic heterocycles. The number of carbonyl (C=O) groups is 1. The summed E-state index contributed by atoms with van der Waals surface area (Å²) in [5, 5.41) is 0. The first-order valence-electron chi connectivity index (χ1n) is 6.27. The van der Waals surface area contributed by atoms with Gasteiger partial charge in [-0.1, -0.05) is 19.1 Å². The molecule has 1 aromatic carbocycles. The van der Waals surface area contributed by atoms with E-state index in [0.29, 0.717) is 0 Å². The largest absolute Gasteiger partial charge is 0.327 e. The van der Waals surface area contributed by atoms with Gasteiger partial charge in [0.05, 0.1) is 0 Å². The van der Waals surface area contributed by atoms with Crippen molar-refractivity contribution in [2.45, 2.75) is 39.2 Å². The van der Waals surface area contributed by atoms with E-state index in [1.54, 1.807) is 6.92 Å². The Hall–Kier alpha value is -1.35. The minimum Gasteiger partial charge on any atom is -0.327 e. The third kappa shape index (κ3) is 2.50. The Balaban J connectivity index is 2.19. The Morgan fingerprint density at radius 3 is 2.94 bits per heavy atom. The highest BCUT2D eigenvalue weighted by atomic mass is 16.2. The molecule has 3 heteroatoms. The number of nitrogens with two attached hydrogens (primary N) is 1. The molecule has 3 nitrogen and oxygen atoms in total. The molecule has 92 valence electrons. The molecule has 17 heavy (non-hydrogen) atoms. The molecule has 0 spiro atoms. The Bertz CT molecular complexity index is 428. The van der Waals surface area contributed by atoms with E-state index >= 15 is 0 Å². The van der Waals surface area contributed by atoms with Gasteiger partial charge in [-0.15, -0.1) is 0 Å². The summed E-state index contributed by atoms with van der Waals surface area (Å²) in [4.78, 5) is 13.3. The fourth-order valence-electron chi connectivity index (χ4n) is 2.36. The van der Waals surface area contributed by atoms with Crippen LogP contribution >= 0.6 is 0 Å². The maximum atomic E-state index is 11.4. The molecule has 1 heterocycles. The van der Waals surface area contributed by atoms with Crippen molar-refractivity contribution in [3.63, 3.8) is 0 Å². The lowest BCUT2D eigenvalue weighted by atomic mass is 10.0. The van der Waals surface area contributed by atoms with Gasteiger partial charge in [0.25, 0.3) is 0 Å². The van der Waals surface area contributed by atoms with Crippen molar-refractivity contribution in [3.8, 4) is 0 Å². The van der Waals surface area contributed by atoms with E-state index in [1.807, 2.05) is 4.90 Å². The topological polar surface area (TPSA) is 46.3 Å². The Labute approximate surface area is 103 Å². The van der Waals surface area contributed by atoms with Crippen LogP contribution in [0.3, 0.4) is 0 Å². The Morgan fingerprint density at radius 2 is 2.29 bits per heavy atom. The molecule has 1 atom stereocenters. The Morgan fingerprint density at radius 1 is 1.53 bits per heavy atom. The molecule has 1 aromatic rings. The number of rotatable bonds is 3. The smallest absolute Gasteiger partial charge is 0.223 e. The van der Waals surface area contributed by atoms with Gasteiger partial charge in [0, 0.05) is 25.2 Å². The standard InChI is InChI=1S/C14H20N2O/c1-3-13(15)9-11-4-5-14-12(8-11)6-7-16(14)10(2)17/h4-5,8,13H,3,6-7,9,15H2,1-2H3. The van der Waals surface area contributed by atoms with Crippen LogP contribution in [0.2, 0.25) is 0 Å². The molecule has 0 aromatic heterocycles. The van der Waals surface area contributed by atoms with Crippen LogP contribution in [0.1, 0.15) is 31.4 Å². The summed E-state index contributed by atoms with van der Waals surface area (Å²) in [6.45, 7) is 4.54. The fourth-order valence-corrected chi connectivity index (χ4v) is 2.36. The molecule has 0 fully saturated rings. The molecule has 1 unspecified atom stereocenters. The predicted octanol–water partition coefficient (Wildman–Crippen LogP) is 1.88. The van der Waals surface area contributed by atoms with Crippen molar-refractivity contribution in [2.24, 2.45) is 5.73 Å². The van der Waals surface area contributed by atoms with Crippen molar-refractivity contribution < 1.29 is 4.79 Å². The van der Waals surface area contributed by atoms with Gasteiger partial charge in [0.15, 0.2) is 0 Å². The summed E-state index contributed by atoms with van der Waals surface area (Å²) in [5.74, 6) is 0.127. The van der Waals surface area contributed by atoms with E-state index in [4.69, 9.17) is 5.73 Å². The first-order valence-corrected chi connectivity index (χ1v) is 6.27. The lowest BCUT2D eigenvalue weighted by Crippen LogP contribution is -2.25. The van der Waals surface area contributed by atoms with Gasteiger partial charge < -0.3 is 10.6 Å². The summed E-state index contributed by atoms with van der Waals surface area (Å²) in [5.41, 5.74) is 9.60. The highest BCUT2D eigenvalue weighted by Gasteiger charge is 2.22. The van der Waals surface area contributed by atoms with E-state index in [9.17, 15) is 4.79 Å². The van der Waals surface area contributed by atoms with Gasteiger partial charge >= 0.3 is 0 Å². The van der Waals surface area contributed by atoms with Gasteiger partial charge in [-0.3, -0.25) is 4.79 Å². The van der Waals surface area contributed by atoms with Crippen LogP contribution in [0.5, 0.6) is 0 Å². The van der Waals surface area contributed by atoms with Crippen LogP contribution in [0.15, 0.2) is 18.2 Å². The van der Waals surface area contributed by atoms with Gasteiger partial charge in [0.1, 0.15) is 0 Å². The molecule has 1 amide bonds. The van der Waals surface area contributed by atoms with Gasteiger partial charge in [-0.25, -0.2) is 0 Å². The zero-order chi connectivity index (χ0) is 12.4. The van der Waals surface area contributed by atoms with Crippen LogP contribution in [0.25, 0.3) is 0 Å². The number of amides is 1. The lowest BCUT2D eigenvalue weighted by Gasteiger charge is -2.15. The number of hydrogen-bond acceptors (Lipinski definition) is 2. The molecular weight excluding hydrogens is 212 g/mol. The first-order chi connectivity index (χ1) is 8.11.